The van der Waals surface area contributed by atoms with E-state index in [2.05, 4.69) is 10.9 Å². The van der Waals surface area contributed by atoms with Gasteiger partial charge >= 0.3 is 0 Å². The second kappa shape index (κ2) is 8.82. The molecule has 2 aromatic carbocycles. The average Bonchev–Trinajstić information content (AvgIpc) is 3.07. The quantitative estimate of drug-likeness (QED) is 0.532. The van der Waals surface area contributed by atoms with Gasteiger partial charge in [0.15, 0.2) is 10.4 Å². The number of methoxy groups -OCH3 is 2. The highest BCUT2D eigenvalue weighted by Crippen LogP contribution is 2.35. The Morgan fingerprint density at radius 2 is 1.80 bits per heavy atom. The van der Waals surface area contributed by atoms with Gasteiger partial charge in [0.25, 0.3) is 5.91 Å². The predicted molar refractivity (Wildman–Crippen MR) is 118 cm³/mol. The number of halogens is 1. The number of fused-ring (bicyclic) bond motifs is 1. The van der Waals surface area contributed by atoms with E-state index < -0.39 is 11.5 Å². The summed E-state index contributed by atoms with van der Waals surface area (Å²) in [5.74, 6) is 3.93. The summed E-state index contributed by atoms with van der Waals surface area (Å²) in [6.45, 7) is 3.54. The molecule has 0 radical (unpaired) electrons. The molecular weight excluding hydrogens is 424 g/mol. The molecular formula is C22H21ClN2O4S. The van der Waals surface area contributed by atoms with Gasteiger partial charge in [-0.1, -0.05) is 28.9 Å². The fraction of sp³-hybridized carbons (Fsp3) is 0.273. The van der Waals surface area contributed by atoms with Crippen LogP contribution < -0.4 is 19.0 Å². The summed E-state index contributed by atoms with van der Waals surface area (Å²) in [5, 5.41) is 0.583. The number of rotatable bonds is 6. The van der Waals surface area contributed by atoms with Gasteiger partial charge < -0.3 is 18.8 Å². The first-order chi connectivity index (χ1) is 14.3. The van der Waals surface area contributed by atoms with Gasteiger partial charge in [-0.3, -0.25) is 4.79 Å². The minimum atomic E-state index is -1.20. The summed E-state index contributed by atoms with van der Waals surface area (Å²) in [7, 11) is 3.15. The van der Waals surface area contributed by atoms with Gasteiger partial charge in [-0.15, -0.1) is 6.42 Å². The first-order valence-corrected chi connectivity index (χ1v) is 10.2. The van der Waals surface area contributed by atoms with E-state index in [1.54, 1.807) is 69.0 Å². The van der Waals surface area contributed by atoms with Crippen LogP contribution in [0.4, 0.5) is 0 Å². The molecule has 0 fully saturated rings. The molecule has 3 rings (SSSR count). The Morgan fingerprint density at radius 1 is 1.17 bits per heavy atom. The monoisotopic (exact) mass is 444 g/mol. The highest BCUT2D eigenvalue weighted by Gasteiger charge is 2.30. The second-order valence-corrected chi connectivity index (χ2v) is 8.22. The number of terminal acetylenes is 1. The average molecular weight is 445 g/mol. The minimum Gasteiger partial charge on any atom is -0.495 e. The van der Waals surface area contributed by atoms with Crippen LogP contribution >= 0.6 is 22.9 Å². The molecule has 0 saturated heterocycles. The van der Waals surface area contributed by atoms with E-state index in [1.807, 2.05) is 0 Å². The van der Waals surface area contributed by atoms with Crippen LogP contribution in [0, 0.1) is 12.3 Å². The minimum absolute atomic E-state index is 0.216. The van der Waals surface area contributed by atoms with Crippen LogP contribution in [-0.2, 0) is 11.3 Å². The molecule has 0 unspecified atom stereocenters. The molecule has 0 saturated carbocycles. The molecule has 0 spiro atoms. The molecule has 1 heterocycles. The lowest BCUT2D eigenvalue weighted by molar-refractivity contribution is -0.130. The zero-order valence-corrected chi connectivity index (χ0v) is 18.6. The number of carbonyl (C=O) groups is 1. The Morgan fingerprint density at radius 3 is 2.40 bits per heavy atom. The topological polar surface area (TPSA) is 62.1 Å². The first-order valence-electron chi connectivity index (χ1n) is 9.02. The molecule has 0 N–H and O–H groups in total. The molecule has 3 aromatic rings. The van der Waals surface area contributed by atoms with Crippen LogP contribution in [0.25, 0.3) is 10.2 Å². The van der Waals surface area contributed by atoms with Crippen LogP contribution in [0.15, 0.2) is 41.4 Å². The molecule has 1 amide bonds. The zero-order valence-electron chi connectivity index (χ0n) is 17.1. The van der Waals surface area contributed by atoms with E-state index in [4.69, 9.17) is 32.2 Å². The smallest absolute Gasteiger partial charge is 0.291 e. The molecule has 0 aliphatic rings. The number of carbonyl (C=O) groups excluding carboxylic acids is 1. The Bertz CT molecular complexity index is 1190. The third-order valence-electron chi connectivity index (χ3n) is 4.34. The maximum absolute atomic E-state index is 13.0. The lowest BCUT2D eigenvalue weighted by atomic mass is 10.1. The van der Waals surface area contributed by atoms with Crippen LogP contribution in [-0.4, -0.2) is 30.3 Å². The highest BCUT2D eigenvalue weighted by atomic mass is 35.5. The summed E-state index contributed by atoms with van der Waals surface area (Å²) in [4.78, 5) is 17.8. The van der Waals surface area contributed by atoms with E-state index in [9.17, 15) is 4.79 Å². The molecule has 0 aliphatic carbocycles. The number of hydrogen-bond acceptors (Lipinski definition) is 5. The fourth-order valence-corrected chi connectivity index (χ4v) is 4.10. The van der Waals surface area contributed by atoms with E-state index in [1.165, 1.54) is 11.3 Å². The van der Waals surface area contributed by atoms with Crippen LogP contribution in [0.3, 0.4) is 0 Å². The maximum Gasteiger partial charge on any atom is 0.291 e. The SMILES string of the molecule is C#CCn1c(=NC(=O)C(C)(C)Oc2ccc(Cl)cc2)sc2c(OC)ccc(OC)c21. The Kier molecular flexibility index (Phi) is 6.40. The van der Waals surface area contributed by atoms with Crippen LogP contribution in [0.5, 0.6) is 17.2 Å². The second-order valence-electron chi connectivity index (χ2n) is 6.81. The fourth-order valence-electron chi connectivity index (χ4n) is 2.84. The van der Waals surface area contributed by atoms with Gasteiger partial charge in [-0.05, 0) is 50.2 Å². The Hall–Kier alpha value is -2.95. The third-order valence-corrected chi connectivity index (χ3v) is 5.69. The standard InChI is InChI=1S/C22H21ClN2O4S/c1-6-13-25-18-16(27-4)11-12-17(28-5)19(18)30-21(25)24-20(26)22(2,3)29-15-9-7-14(23)8-10-15/h1,7-12H,13H2,2-5H3. The van der Waals surface area contributed by atoms with Crippen molar-refractivity contribution in [3.05, 3.63) is 46.2 Å². The summed E-state index contributed by atoms with van der Waals surface area (Å²) >= 11 is 7.21. The van der Waals surface area contributed by atoms with Crippen molar-refractivity contribution in [1.29, 1.82) is 0 Å². The molecule has 8 heteroatoms. The number of nitrogens with zero attached hydrogens (tertiary/aromatic N) is 2. The van der Waals surface area contributed by atoms with E-state index in [-0.39, 0.29) is 6.54 Å². The van der Waals surface area contributed by atoms with Crippen molar-refractivity contribution in [2.75, 3.05) is 14.2 Å². The summed E-state index contributed by atoms with van der Waals surface area (Å²) in [6, 6.07) is 10.4. The van der Waals surface area contributed by atoms with Gasteiger partial charge in [-0.2, -0.15) is 4.99 Å². The van der Waals surface area contributed by atoms with Crippen molar-refractivity contribution in [1.82, 2.24) is 4.57 Å². The lowest BCUT2D eigenvalue weighted by Gasteiger charge is -2.22. The molecule has 6 nitrogen and oxygen atoms in total. The zero-order chi connectivity index (χ0) is 21.9. The van der Waals surface area contributed by atoms with Crippen molar-refractivity contribution >= 4 is 39.1 Å². The third kappa shape index (κ3) is 4.30. The number of thiazole rings is 1. The summed E-state index contributed by atoms with van der Waals surface area (Å²) in [5.41, 5.74) is -0.477. The van der Waals surface area contributed by atoms with Crippen molar-refractivity contribution in [3.63, 3.8) is 0 Å². The Balaban J connectivity index is 2.10. The van der Waals surface area contributed by atoms with E-state index in [0.717, 1.165) is 10.2 Å². The number of benzene rings is 2. The number of aromatic nitrogens is 1. The van der Waals surface area contributed by atoms with E-state index in [0.29, 0.717) is 27.1 Å². The predicted octanol–water partition coefficient (Wildman–Crippen LogP) is 4.29. The number of amides is 1. The number of ether oxygens (including phenoxy) is 3. The van der Waals surface area contributed by atoms with Gasteiger partial charge in [0, 0.05) is 5.02 Å². The van der Waals surface area contributed by atoms with Crippen molar-refractivity contribution in [2.24, 2.45) is 4.99 Å². The summed E-state index contributed by atoms with van der Waals surface area (Å²) in [6.07, 6.45) is 5.57. The van der Waals surface area contributed by atoms with Gasteiger partial charge in [-0.25, -0.2) is 0 Å². The lowest BCUT2D eigenvalue weighted by Crippen LogP contribution is -2.38. The number of hydrogen-bond donors (Lipinski definition) is 0. The molecule has 0 bridgehead atoms. The van der Waals surface area contributed by atoms with Crippen molar-refractivity contribution < 1.29 is 19.0 Å². The van der Waals surface area contributed by atoms with E-state index >= 15 is 0 Å². The maximum atomic E-state index is 13.0. The van der Waals surface area contributed by atoms with Gasteiger partial charge in [0.05, 0.1) is 20.8 Å². The van der Waals surface area contributed by atoms with Crippen LogP contribution in [0.2, 0.25) is 5.02 Å². The normalized spacial score (nSPS) is 11.9. The molecule has 0 aliphatic heterocycles. The molecule has 0 atom stereocenters. The largest absolute Gasteiger partial charge is 0.495 e. The first kappa shape index (κ1) is 21.8. The van der Waals surface area contributed by atoms with Crippen molar-refractivity contribution in [2.45, 2.75) is 26.0 Å². The highest BCUT2D eigenvalue weighted by molar-refractivity contribution is 7.16. The van der Waals surface area contributed by atoms with Crippen molar-refractivity contribution in [3.8, 4) is 29.6 Å². The van der Waals surface area contributed by atoms with Crippen LogP contribution in [0.1, 0.15) is 13.8 Å². The molecule has 156 valence electrons. The van der Waals surface area contributed by atoms with Gasteiger partial charge in [0.1, 0.15) is 27.5 Å². The van der Waals surface area contributed by atoms with Gasteiger partial charge in [0.2, 0.25) is 0 Å². The molecule has 1 aromatic heterocycles. The Labute approximate surface area is 183 Å². The molecule has 30 heavy (non-hydrogen) atoms. The summed E-state index contributed by atoms with van der Waals surface area (Å²) < 4.78 is 19.4.